The lowest BCUT2D eigenvalue weighted by Crippen LogP contribution is -2.25. The number of rotatable bonds is 6. The van der Waals surface area contributed by atoms with Crippen molar-refractivity contribution in [3.8, 4) is 23.8 Å². The molecule has 144 valence electrons. The van der Waals surface area contributed by atoms with Crippen LogP contribution in [-0.4, -0.2) is 18.4 Å². The Kier molecular flexibility index (Phi) is 6.48. The molecular weight excluding hydrogens is 364 g/mol. The summed E-state index contributed by atoms with van der Waals surface area (Å²) in [6.45, 7) is -0.126. The molecule has 0 aliphatic carbocycles. The quantitative estimate of drug-likeness (QED) is 0.342. The fourth-order valence-electron chi connectivity index (χ4n) is 2.49. The Morgan fingerprint density at radius 3 is 2.38 bits per heavy atom. The first-order valence-electron chi connectivity index (χ1n) is 8.89. The molecule has 0 unspecified atom stereocenters. The lowest BCUT2D eigenvalue weighted by molar-refractivity contribution is -0.114. The highest BCUT2D eigenvalue weighted by atomic mass is 16.5. The number of carbonyl (C=O) groups excluding carboxylic acids is 1. The molecule has 0 fully saturated rings. The molecule has 3 rings (SSSR count). The number of ether oxygens (including phenoxy) is 1. The van der Waals surface area contributed by atoms with Crippen LogP contribution >= 0.6 is 0 Å². The van der Waals surface area contributed by atoms with Crippen LogP contribution in [-0.2, 0) is 4.79 Å². The van der Waals surface area contributed by atoms with Gasteiger partial charge in [-0.3, -0.25) is 4.79 Å². The molecule has 3 aromatic carbocycles. The van der Waals surface area contributed by atoms with Gasteiger partial charge in [-0.25, -0.2) is 4.99 Å². The third kappa shape index (κ3) is 6.15. The lowest BCUT2D eigenvalue weighted by atomic mass is 10.2. The molecule has 0 aliphatic rings. The van der Waals surface area contributed by atoms with E-state index in [1.165, 1.54) is 0 Å². The van der Waals surface area contributed by atoms with E-state index in [0.717, 1.165) is 5.75 Å². The van der Waals surface area contributed by atoms with E-state index in [-0.39, 0.29) is 18.4 Å². The second-order valence-corrected chi connectivity index (χ2v) is 6.04. The average molecular weight is 384 g/mol. The summed E-state index contributed by atoms with van der Waals surface area (Å²) in [6, 6.07) is 23.8. The van der Waals surface area contributed by atoms with Crippen molar-refractivity contribution in [2.45, 2.75) is 0 Å². The van der Waals surface area contributed by atoms with Gasteiger partial charge >= 0.3 is 0 Å². The highest BCUT2D eigenvalue weighted by molar-refractivity contribution is 5.97. The first kappa shape index (κ1) is 19.5. The molecule has 4 N–H and O–H groups in total. The monoisotopic (exact) mass is 384 g/mol. The van der Waals surface area contributed by atoms with Gasteiger partial charge in [0.05, 0.1) is 0 Å². The predicted octanol–water partition coefficient (Wildman–Crippen LogP) is 3.83. The van der Waals surface area contributed by atoms with Crippen LogP contribution in [0.4, 0.5) is 11.4 Å². The molecule has 0 saturated carbocycles. The smallest absolute Gasteiger partial charge is 0.246 e. The maximum absolute atomic E-state index is 12.1. The number of amides is 1. The topological polar surface area (TPSA) is 88.7 Å². The standard InChI is InChI=1S/C23H20N4O2/c1-2-17-8-6-9-18(14-17)26-22(28)16-25-23(24)27-19-10-7-13-21(15-19)29-20-11-4-3-5-12-20/h1,3-15H,16H2,(H,26,28)(H3,24,25,27). The van der Waals surface area contributed by atoms with Crippen molar-refractivity contribution in [1.82, 2.24) is 0 Å². The van der Waals surface area contributed by atoms with Gasteiger partial charge in [0.1, 0.15) is 18.0 Å². The minimum atomic E-state index is -0.301. The fourth-order valence-corrected chi connectivity index (χ4v) is 2.49. The SMILES string of the molecule is C#Cc1cccc(NC(=O)CN=C(N)Nc2cccc(Oc3ccccc3)c2)c1. The van der Waals surface area contributed by atoms with Gasteiger partial charge in [-0.2, -0.15) is 0 Å². The van der Waals surface area contributed by atoms with Crippen molar-refractivity contribution >= 4 is 23.2 Å². The van der Waals surface area contributed by atoms with Crippen LogP contribution in [0.25, 0.3) is 0 Å². The minimum absolute atomic E-state index is 0.120. The second-order valence-electron chi connectivity index (χ2n) is 6.04. The van der Waals surface area contributed by atoms with Gasteiger partial charge in [-0.15, -0.1) is 6.42 Å². The van der Waals surface area contributed by atoms with Gasteiger partial charge in [0.2, 0.25) is 5.91 Å². The van der Waals surface area contributed by atoms with Crippen LogP contribution < -0.4 is 21.1 Å². The second kappa shape index (κ2) is 9.62. The molecule has 1 amide bonds. The van der Waals surface area contributed by atoms with Crippen molar-refractivity contribution in [1.29, 1.82) is 0 Å². The van der Waals surface area contributed by atoms with Gasteiger partial charge in [0.25, 0.3) is 0 Å². The Hall–Kier alpha value is -4.24. The molecule has 6 heteroatoms. The first-order valence-corrected chi connectivity index (χ1v) is 8.89. The Morgan fingerprint density at radius 1 is 0.931 bits per heavy atom. The lowest BCUT2D eigenvalue weighted by Gasteiger charge is -2.09. The molecule has 0 radical (unpaired) electrons. The Labute approximate surface area is 169 Å². The largest absolute Gasteiger partial charge is 0.457 e. The number of benzene rings is 3. The zero-order valence-corrected chi connectivity index (χ0v) is 15.6. The molecule has 0 saturated heterocycles. The highest BCUT2D eigenvalue weighted by Gasteiger charge is 2.04. The number of guanidine groups is 1. The summed E-state index contributed by atoms with van der Waals surface area (Å²) in [5, 5.41) is 5.67. The third-order valence-corrected chi connectivity index (χ3v) is 3.79. The van der Waals surface area contributed by atoms with E-state index < -0.39 is 0 Å². The number of hydrogen-bond donors (Lipinski definition) is 3. The number of nitrogens with one attached hydrogen (secondary N) is 2. The van der Waals surface area contributed by atoms with Crippen LogP contribution in [0.1, 0.15) is 5.56 Å². The van der Waals surface area contributed by atoms with E-state index >= 15 is 0 Å². The third-order valence-electron chi connectivity index (χ3n) is 3.79. The van der Waals surface area contributed by atoms with Crippen molar-refractivity contribution in [2.75, 3.05) is 17.2 Å². The highest BCUT2D eigenvalue weighted by Crippen LogP contribution is 2.23. The molecule has 6 nitrogen and oxygen atoms in total. The van der Waals surface area contributed by atoms with Gasteiger partial charge in [-0.05, 0) is 42.5 Å². The molecular formula is C23H20N4O2. The normalized spacial score (nSPS) is 10.7. The van der Waals surface area contributed by atoms with E-state index in [4.69, 9.17) is 16.9 Å². The van der Waals surface area contributed by atoms with Crippen LogP contribution in [0.3, 0.4) is 0 Å². The minimum Gasteiger partial charge on any atom is -0.457 e. The summed E-state index contributed by atoms with van der Waals surface area (Å²) in [4.78, 5) is 16.1. The summed E-state index contributed by atoms with van der Waals surface area (Å²) in [5.41, 5.74) is 7.88. The fraction of sp³-hybridized carbons (Fsp3) is 0.0435. The summed E-state index contributed by atoms with van der Waals surface area (Å²) in [7, 11) is 0. The van der Waals surface area contributed by atoms with Gasteiger partial charge in [0, 0.05) is 23.0 Å². The number of anilines is 2. The number of carbonyl (C=O) groups is 1. The summed E-state index contributed by atoms with van der Waals surface area (Å²) in [6.07, 6.45) is 5.36. The van der Waals surface area contributed by atoms with E-state index in [1.807, 2.05) is 48.5 Å². The van der Waals surface area contributed by atoms with E-state index in [2.05, 4.69) is 21.5 Å². The van der Waals surface area contributed by atoms with E-state index in [9.17, 15) is 4.79 Å². The molecule has 29 heavy (non-hydrogen) atoms. The van der Waals surface area contributed by atoms with Crippen molar-refractivity contribution in [2.24, 2.45) is 10.7 Å². The van der Waals surface area contributed by atoms with Crippen molar-refractivity contribution < 1.29 is 9.53 Å². The van der Waals surface area contributed by atoms with E-state index in [1.54, 1.807) is 30.3 Å². The number of terminal acetylenes is 1. The number of nitrogens with zero attached hydrogens (tertiary/aromatic N) is 1. The Balaban J connectivity index is 1.56. The molecule has 0 bridgehead atoms. The molecule has 0 atom stereocenters. The number of nitrogens with two attached hydrogens (primary N) is 1. The molecule has 0 heterocycles. The van der Waals surface area contributed by atoms with E-state index in [0.29, 0.717) is 22.7 Å². The van der Waals surface area contributed by atoms with Gasteiger partial charge in [-0.1, -0.05) is 36.3 Å². The predicted molar refractivity (Wildman–Crippen MR) is 116 cm³/mol. The van der Waals surface area contributed by atoms with Crippen LogP contribution in [0, 0.1) is 12.3 Å². The van der Waals surface area contributed by atoms with Crippen LogP contribution in [0.15, 0.2) is 83.9 Å². The summed E-state index contributed by atoms with van der Waals surface area (Å²) in [5.74, 6) is 3.72. The van der Waals surface area contributed by atoms with Gasteiger partial charge in [0.15, 0.2) is 5.96 Å². The molecule has 0 aromatic heterocycles. The maximum atomic E-state index is 12.1. The van der Waals surface area contributed by atoms with Crippen LogP contribution in [0.2, 0.25) is 0 Å². The first-order chi connectivity index (χ1) is 14.1. The average Bonchev–Trinajstić information content (AvgIpc) is 2.73. The molecule has 0 spiro atoms. The summed E-state index contributed by atoms with van der Waals surface area (Å²) < 4.78 is 5.79. The van der Waals surface area contributed by atoms with Crippen molar-refractivity contribution in [3.05, 3.63) is 84.4 Å². The van der Waals surface area contributed by atoms with Crippen molar-refractivity contribution in [3.63, 3.8) is 0 Å². The number of para-hydroxylation sites is 1. The zero-order valence-electron chi connectivity index (χ0n) is 15.6. The Bertz CT molecular complexity index is 1060. The van der Waals surface area contributed by atoms with Crippen LogP contribution in [0.5, 0.6) is 11.5 Å². The molecule has 0 aliphatic heterocycles. The Morgan fingerprint density at radius 2 is 1.62 bits per heavy atom. The van der Waals surface area contributed by atoms with Gasteiger partial charge < -0.3 is 21.1 Å². The zero-order chi connectivity index (χ0) is 20.5. The maximum Gasteiger partial charge on any atom is 0.246 e. The molecule has 3 aromatic rings. The number of hydrogen-bond acceptors (Lipinski definition) is 3. The number of aliphatic imine (C=N–C) groups is 1. The summed E-state index contributed by atoms with van der Waals surface area (Å²) >= 11 is 0.